The summed E-state index contributed by atoms with van der Waals surface area (Å²) in [5.74, 6) is 6.45. The van der Waals surface area contributed by atoms with Gasteiger partial charge in [0.25, 0.3) is 0 Å². The van der Waals surface area contributed by atoms with E-state index < -0.39 is 5.97 Å². The molecule has 0 aliphatic carbocycles. The van der Waals surface area contributed by atoms with E-state index in [9.17, 15) is 4.79 Å². The number of nitrogens with zero attached hydrogens (tertiary/aromatic N) is 5. The normalized spacial score (nSPS) is 20.2. The molecule has 2 aliphatic rings. The number of carboxylic acid groups (broad SMARTS) is 1. The zero-order chi connectivity index (χ0) is 23.1. The highest BCUT2D eigenvalue weighted by Gasteiger charge is 2.38. The third-order valence-electron chi connectivity index (χ3n) is 5.71. The Kier molecular flexibility index (Phi) is 5.23. The van der Waals surface area contributed by atoms with Gasteiger partial charge in [-0.25, -0.2) is 25.6 Å². The molecule has 3 aromatic rings. The number of rotatable bonds is 5. The largest absolute Gasteiger partial charge is 0.486 e. The second kappa shape index (κ2) is 8.22. The number of hydrogen-bond donors (Lipinski definition) is 4. The van der Waals surface area contributed by atoms with Gasteiger partial charge in [0.05, 0.1) is 31.8 Å². The van der Waals surface area contributed by atoms with Crippen LogP contribution in [0.1, 0.15) is 12.6 Å². The molecule has 0 bridgehead atoms. The number of H-pyrrole nitrogens is 1. The number of hydrazine groups is 1. The summed E-state index contributed by atoms with van der Waals surface area (Å²) in [6.45, 7) is 3.67. The molecule has 33 heavy (non-hydrogen) atoms. The van der Waals surface area contributed by atoms with E-state index in [1.807, 2.05) is 18.3 Å². The predicted octanol–water partition coefficient (Wildman–Crippen LogP) is 0.566. The lowest BCUT2D eigenvalue weighted by Gasteiger charge is -2.44. The Morgan fingerprint density at radius 2 is 2.21 bits per heavy atom. The highest BCUT2D eigenvalue weighted by Crippen LogP contribution is 2.39. The van der Waals surface area contributed by atoms with E-state index in [2.05, 4.69) is 21.8 Å². The minimum Gasteiger partial charge on any atom is -0.486 e. The van der Waals surface area contributed by atoms with Crippen molar-refractivity contribution in [1.82, 2.24) is 24.9 Å². The molecule has 5 heterocycles. The summed E-state index contributed by atoms with van der Waals surface area (Å²) >= 11 is 0. The molecular formula is C21H24N8O4. The van der Waals surface area contributed by atoms with E-state index in [1.54, 1.807) is 6.20 Å². The number of morpholine rings is 1. The van der Waals surface area contributed by atoms with E-state index in [0.717, 1.165) is 22.8 Å². The number of ether oxygens (including phenoxy) is 2. The average molecular weight is 452 g/mol. The van der Waals surface area contributed by atoms with Crippen molar-refractivity contribution in [3.05, 3.63) is 42.1 Å². The van der Waals surface area contributed by atoms with Crippen LogP contribution in [0.5, 0.6) is 5.75 Å². The molecule has 1 fully saturated rings. The lowest BCUT2D eigenvalue weighted by molar-refractivity contribution is -0.132. The summed E-state index contributed by atoms with van der Waals surface area (Å²) in [5.41, 5.74) is 7.19. The summed E-state index contributed by atoms with van der Waals surface area (Å²) < 4.78 is 11.8. The zero-order valence-electron chi connectivity index (χ0n) is 17.9. The first-order valence-corrected chi connectivity index (χ1v) is 10.5. The molecule has 0 saturated carbocycles. The maximum atomic E-state index is 11.1. The summed E-state index contributed by atoms with van der Waals surface area (Å²) in [7, 11) is 0. The van der Waals surface area contributed by atoms with Crippen molar-refractivity contribution in [3.8, 4) is 17.1 Å². The number of carboxylic acids is 1. The Balaban J connectivity index is 1.64. The number of fused-ring (bicyclic) bond motifs is 4. The highest BCUT2D eigenvalue weighted by atomic mass is 16.5. The quantitative estimate of drug-likeness (QED) is 0.242. The summed E-state index contributed by atoms with van der Waals surface area (Å²) in [6.07, 6.45) is 4.65. The molecule has 12 nitrogen and oxygen atoms in total. The van der Waals surface area contributed by atoms with Gasteiger partial charge in [-0.2, -0.15) is 0 Å². The first-order valence-electron chi connectivity index (χ1n) is 10.5. The number of aromatic nitrogens is 4. The summed E-state index contributed by atoms with van der Waals surface area (Å²) in [5, 5.41) is 11.1. The molecule has 2 aliphatic heterocycles. The number of nitrogens with two attached hydrogens (primary N) is 2. The number of aliphatic carboxylic acids is 1. The van der Waals surface area contributed by atoms with Crippen LogP contribution in [0, 0.1) is 0 Å². The van der Waals surface area contributed by atoms with Gasteiger partial charge in [-0.05, 0) is 19.1 Å². The minimum atomic E-state index is -1.26. The SMILES string of the molecule is C[C@@H]1COC[C@H]2COc3c(CN(N)/C=C(\N)C(=O)O)nc(-c4ccnc5[nH]ccc45)nc3N21. The van der Waals surface area contributed by atoms with Gasteiger partial charge in [-0.15, -0.1) is 0 Å². The fraction of sp³-hybridized carbons (Fsp3) is 0.333. The molecule has 0 unspecified atom stereocenters. The Morgan fingerprint density at radius 1 is 1.36 bits per heavy atom. The van der Waals surface area contributed by atoms with Gasteiger partial charge >= 0.3 is 5.97 Å². The Labute approximate surface area is 188 Å². The number of pyridine rings is 1. The van der Waals surface area contributed by atoms with Crippen LogP contribution >= 0.6 is 0 Å². The van der Waals surface area contributed by atoms with Crippen LogP contribution < -0.4 is 21.2 Å². The standard InChI is InChI=1S/C21H24N8O4/c1-11-8-32-9-12-10-33-17-16(7-28(23)6-15(22)21(30)31)26-19(27-20(17)29(11)12)14-3-5-25-18-13(14)2-4-24-18/h2-6,11-12H,7-10,22-23H2,1H3,(H,24,25)(H,30,31)/b15-6-/t11-,12+/m1/s1. The molecule has 2 atom stereocenters. The first-order chi connectivity index (χ1) is 15.9. The van der Waals surface area contributed by atoms with Gasteiger partial charge in [0.2, 0.25) is 0 Å². The third-order valence-corrected chi connectivity index (χ3v) is 5.71. The van der Waals surface area contributed by atoms with Gasteiger partial charge in [-0.1, -0.05) is 0 Å². The average Bonchev–Trinajstić information content (AvgIpc) is 3.27. The molecule has 1 saturated heterocycles. The topological polar surface area (TPSA) is 169 Å². The fourth-order valence-corrected chi connectivity index (χ4v) is 4.23. The van der Waals surface area contributed by atoms with Crippen molar-refractivity contribution >= 4 is 22.8 Å². The lowest BCUT2D eigenvalue weighted by atomic mass is 10.1. The molecule has 6 N–H and O–H groups in total. The van der Waals surface area contributed by atoms with Crippen molar-refractivity contribution in [2.45, 2.75) is 25.6 Å². The maximum absolute atomic E-state index is 11.1. The Morgan fingerprint density at radius 3 is 3.03 bits per heavy atom. The molecule has 172 valence electrons. The van der Waals surface area contributed by atoms with Gasteiger partial charge in [0, 0.05) is 29.5 Å². The molecule has 0 amide bonds. The summed E-state index contributed by atoms with van der Waals surface area (Å²) in [6, 6.07) is 3.89. The molecule has 0 spiro atoms. The Bertz CT molecular complexity index is 1240. The molecule has 12 heteroatoms. The van der Waals surface area contributed by atoms with Crippen molar-refractivity contribution < 1.29 is 19.4 Å². The van der Waals surface area contributed by atoms with Gasteiger partial charge in [0.1, 0.15) is 23.6 Å². The van der Waals surface area contributed by atoms with Crippen molar-refractivity contribution in [2.24, 2.45) is 11.6 Å². The van der Waals surface area contributed by atoms with Crippen molar-refractivity contribution in [1.29, 1.82) is 0 Å². The number of hydrogen-bond acceptors (Lipinski definition) is 10. The Hall–Kier alpha value is -3.90. The summed E-state index contributed by atoms with van der Waals surface area (Å²) in [4.78, 5) is 30.4. The molecule has 0 aromatic carbocycles. The number of nitrogens with one attached hydrogen (secondary N) is 1. The van der Waals surface area contributed by atoms with E-state index in [1.165, 1.54) is 5.01 Å². The van der Waals surface area contributed by atoms with Crippen LogP contribution in [0.25, 0.3) is 22.4 Å². The molecule has 5 rings (SSSR count). The van der Waals surface area contributed by atoms with Crippen LogP contribution in [0.3, 0.4) is 0 Å². The van der Waals surface area contributed by atoms with Gasteiger partial charge in [-0.3, -0.25) is 0 Å². The third kappa shape index (κ3) is 3.79. The maximum Gasteiger partial charge on any atom is 0.353 e. The molecule has 3 aromatic heterocycles. The zero-order valence-corrected chi connectivity index (χ0v) is 17.9. The van der Waals surface area contributed by atoms with E-state index in [4.69, 9.17) is 36.1 Å². The number of carbonyl (C=O) groups is 1. The van der Waals surface area contributed by atoms with Crippen LogP contribution in [0.15, 0.2) is 36.4 Å². The second-order valence-corrected chi connectivity index (χ2v) is 8.07. The smallest absolute Gasteiger partial charge is 0.353 e. The van der Waals surface area contributed by atoms with E-state index in [-0.39, 0.29) is 24.3 Å². The van der Waals surface area contributed by atoms with Crippen LogP contribution in [-0.4, -0.2) is 67.9 Å². The second-order valence-electron chi connectivity index (χ2n) is 8.07. The number of anilines is 1. The van der Waals surface area contributed by atoms with Crippen LogP contribution in [0.4, 0.5) is 5.82 Å². The molecular weight excluding hydrogens is 428 g/mol. The predicted molar refractivity (Wildman–Crippen MR) is 119 cm³/mol. The van der Waals surface area contributed by atoms with Gasteiger partial charge in [0.15, 0.2) is 17.4 Å². The van der Waals surface area contributed by atoms with Crippen molar-refractivity contribution in [3.63, 3.8) is 0 Å². The van der Waals surface area contributed by atoms with E-state index >= 15 is 0 Å². The van der Waals surface area contributed by atoms with Crippen LogP contribution in [0.2, 0.25) is 0 Å². The van der Waals surface area contributed by atoms with Crippen molar-refractivity contribution in [2.75, 3.05) is 24.7 Å². The monoisotopic (exact) mass is 452 g/mol. The lowest BCUT2D eigenvalue weighted by Crippen LogP contribution is -2.56. The highest BCUT2D eigenvalue weighted by molar-refractivity contribution is 5.91. The van der Waals surface area contributed by atoms with Gasteiger partial charge < -0.3 is 35.2 Å². The first kappa shape index (κ1) is 21.0. The molecule has 0 radical (unpaired) electrons. The number of aromatic amines is 1. The minimum absolute atomic E-state index is 0.0260. The van der Waals surface area contributed by atoms with E-state index in [0.29, 0.717) is 42.9 Å². The fourth-order valence-electron chi connectivity index (χ4n) is 4.23. The van der Waals surface area contributed by atoms with Crippen LogP contribution in [-0.2, 0) is 16.1 Å².